The predicted molar refractivity (Wildman–Crippen MR) is 69.5 cm³/mol. The molecule has 3 heteroatoms. The van der Waals surface area contributed by atoms with Gasteiger partial charge in [0.05, 0.1) is 6.10 Å². The molecule has 0 spiro atoms. The highest BCUT2D eigenvalue weighted by atomic mass is 16.3. The lowest BCUT2D eigenvalue weighted by molar-refractivity contribution is 0.173. The Balaban J connectivity index is 2.30. The molecule has 3 nitrogen and oxygen atoms in total. The third-order valence-electron chi connectivity index (χ3n) is 3.36. The fourth-order valence-electron chi connectivity index (χ4n) is 2.83. The number of rotatable bonds is 3. The van der Waals surface area contributed by atoms with Gasteiger partial charge in [-0.2, -0.15) is 0 Å². The van der Waals surface area contributed by atoms with Crippen LogP contribution in [0.25, 0.3) is 0 Å². The molecular weight excluding hydrogens is 214 g/mol. The molecule has 0 bridgehead atoms. The third kappa shape index (κ3) is 2.39. The standard InChI is InChI=1S/C14H21NO2/c1-9(2)15-12(6-10(3)16)7-11-8-13(17)4-5-14(11)15/h4-5,8-10,12,16-17H,6-7H2,1-3H3. The van der Waals surface area contributed by atoms with E-state index in [9.17, 15) is 10.2 Å². The van der Waals surface area contributed by atoms with Crippen LogP contribution < -0.4 is 4.90 Å². The molecule has 2 N–H and O–H groups in total. The number of phenols is 1. The number of nitrogens with zero attached hydrogens (tertiary/aromatic N) is 1. The van der Waals surface area contributed by atoms with Gasteiger partial charge in [-0.25, -0.2) is 0 Å². The molecule has 1 aromatic carbocycles. The Bertz CT molecular complexity index is 401. The van der Waals surface area contributed by atoms with Crippen molar-refractivity contribution in [1.82, 2.24) is 0 Å². The lowest BCUT2D eigenvalue weighted by atomic mass is 10.0. The van der Waals surface area contributed by atoms with Gasteiger partial charge in [-0.05, 0) is 57.4 Å². The molecular formula is C14H21NO2. The summed E-state index contributed by atoms with van der Waals surface area (Å²) in [7, 11) is 0. The van der Waals surface area contributed by atoms with Crippen LogP contribution in [-0.4, -0.2) is 28.4 Å². The van der Waals surface area contributed by atoms with Crippen LogP contribution >= 0.6 is 0 Å². The summed E-state index contributed by atoms with van der Waals surface area (Å²) in [6, 6.07) is 6.30. The molecule has 2 rings (SSSR count). The van der Waals surface area contributed by atoms with E-state index in [1.165, 1.54) is 11.3 Å². The van der Waals surface area contributed by atoms with E-state index in [1.54, 1.807) is 6.07 Å². The normalized spacial score (nSPS) is 20.8. The maximum atomic E-state index is 9.57. The zero-order valence-electron chi connectivity index (χ0n) is 10.7. The molecule has 94 valence electrons. The van der Waals surface area contributed by atoms with Gasteiger partial charge in [-0.15, -0.1) is 0 Å². The molecule has 0 saturated carbocycles. The zero-order chi connectivity index (χ0) is 12.6. The quantitative estimate of drug-likeness (QED) is 0.845. The van der Waals surface area contributed by atoms with Gasteiger partial charge < -0.3 is 15.1 Å². The molecule has 1 aromatic rings. The fraction of sp³-hybridized carbons (Fsp3) is 0.571. The number of fused-ring (bicyclic) bond motifs is 1. The van der Waals surface area contributed by atoms with Gasteiger partial charge in [0, 0.05) is 17.8 Å². The second-order valence-electron chi connectivity index (χ2n) is 5.26. The number of hydrogen-bond acceptors (Lipinski definition) is 3. The minimum atomic E-state index is -0.288. The molecule has 0 saturated heterocycles. The van der Waals surface area contributed by atoms with E-state index in [1.807, 2.05) is 19.1 Å². The summed E-state index contributed by atoms with van der Waals surface area (Å²) >= 11 is 0. The van der Waals surface area contributed by atoms with Crippen molar-refractivity contribution in [2.75, 3.05) is 4.90 Å². The molecule has 0 amide bonds. The summed E-state index contributed by atoms with van der Waals surface area (Å²) in [5, 5.41) is 19.1. The van der Waals surface area contributed by atoms with Crippen molar-refractivity contribution in [3.63, 3.8) is 0 Å². The third-order valence-corrected chi connectivity index (χ3v) is 3.36. The average Bonchev–Trinajstić information content (AvgIpc) is 2.53. The highest BCUT2D eigenvalue weighted by Crippen LogP contribution is 2.37. The molecule has 0 aromatic heterocycles. The molecule has 2 unspecified atom stereocenters. The zero-order valence-corrected chi connectivity index (χ0v) is 10.7. The van der Waals surface area contributed by atoms with E-state index in [4.69, 9.17) is 0 Å². The SMILES string of the molecule is CC(O)CC1Cc2cc(O)ccc2N1C(C)C. The molecule has 0 aliphatic carbocycles. The van der Waals surface area contributed by atoms with Crippen LogP contribution in [0.1, 0.15) is 32.8 Å². The number of anilines is 1. The van der Waals surface area contributed by atoms with Crippen molar-refractivity contribution in [3.8, 4) is 5.75 Å². The number of phenolic OH excluding ortho intramolecular Hbond substituents is 1. The first-order valence-corrected chi connectivity index (χ1v) is 6.27. The van der Waals surface area contributed by atoms with Crippen molar-refractivity contribution in [2.45, 2.75) is 51.8 Å². The molecule has 1 heterocycles. The van der Waals surface area contributed by atoms with Crippen molar-refractivity contribution >= 4 is 5.69 Å². The second kappa shape index (κ2) is 4.57. The maximum absolute atomic E-state index is 9.57. The number of hydrogen-bond donors (Lipinski definition) is 2. The van der Waals surface area contributed by atoms with Gasteiger partial charge in [0.2, 0.25) is 0 Å². The highest BCUT2D eigenvalue weighted by Gasteiger charge is 2.31. The van der Waals surface area contributed by atoms with E-state index in [0.717, 1.165) is 12.8 Å². The minimum absolute atomic E-state index is 0.288. The molecule has 1 aliphatic heterocycles. The maximum Gasteiger partial charge on any atom is 0.116 e. The van der Waals surface area contributed by atoms with Gasteiger partial charge in [0.25, 0.3) is 0 Å². The first-order chi connectivity index (χ1) is 7.99. The van der Waals surface area contributed by atoms with E-state index < -0.39 is 0 Å². The van der Waals surface area contributed by atoms with Crippen molar-refractivity contribution < 1.29 is 10.2 Å². The minimum Gasteiger partial charge on any atom is -0.508 e. The van der Waals surface area contributed by atoms with Gasteiger partial charge in [-0.1, -0.05) is 0 Å². The average molecular weight is 235 g/mol. The Morgan fingerprint density at radius 3 is 2.65 bits per heavy atom. The van der Waals surface area contributed by atoms with E-state index >= 15 is 0 Å². The van der Waals surface area contributed by atoms with Crippen LogP contribution in [0.3, 0.4) is 0 Å². The van der Waals surface area contributed by atoms with E-state index in [2.05, 4.69) is 18.7 Å². The Hall–Kier alpha value is -1.22. The number of benzene rings is 1. The van der Waals surface area contributed by atoms with Crippen LogP contribution in [0.15, 0.2) is 18.2 Å². The van der Waals surface area contributed by atoms with Gasteiger partial charge >= 0.3 is 0 Å². The first-order valence-electron chi connectivity index (χ1n) is 6.27. The summed E-state index contributed by atoms with van der Waals surface area (Å²) in [5.41, 5.74) is 2.38. The number of aliphatic hydroxyl groups is 1. The number of aromatic hydroxyl groups is 1. The summed E-state index contributed by atoms with van der Waals surface area (Å²) in [6.45, 7) is 6.16. The Kier molecular flexibility index (Phi) is 3.29. The Morgan fingerprint density at radius 1 is 1.35 bits per heavy atom. The summed E-state index contributed by atoms with van der Waals surface area (Å²) in [5.74, 6) is 0.324. The van der Waals surface area contributed by atoms with Crippen LogP contribution in [0.5, 0.6) is 5.75 Å². The summed E-state index contributed by atoms with van der Waals surface area (Å²) in [6.07, 6.45) is 1.39. The van der Waals surface area contributed by atoms with Gasteiger partial charge in [-0.3, -0.25) is 0 Å². The predicted octanol–water partition coefficient (Wildman–Crippen LogP) is 2.30. The molecule has 17 heavy (non-hydrogen) atoms. The van der Waals surface area contributed by atoms with E-state index in [0.29, 0.717) is 17.8 Å². The van der Waals surface area contributed by atoms with Gasteiger partial charge in [0.15, 0.2) is 0 Å². The summed E-state index contributed by atoms with van der Waals surface area (Å²) in [4.78, 5) is 2.35. The van der Waals surface area contributed by atoms with Crippen LogP contribution in [-0.2, 0) is 6.42 Å². The first kappa shape index (κ1) is 12.2. The fourth-order valence-corrected chi connectivity index (χ4v) is 2.83. The molecule has 1 aliphatic rings. The highest BCUT2D eigenvalue weighted by molar-refractivity contribution is 5.62. The smallest absolute Gasteiger partial charge is 0.116 e. The topological polar surface area (TPSA) is 43.7 Å². The lowest BCUT2D eigenvalue weighted by Gasteiger charge is -2.32. The second-order valence-corrected chi connectivity index (χ2v) is 5.26. The van der Waals surface area contributed by atoms with Crippen molar-refractivity contribution in [1.29, 1.82) is 0 Å². The summed E-state index contributed by atoms with van der Waals surface area (Å²) < 4.78 is 0. The van der Waals surface area contributed by atoms with Crippen LogP contribution in [0.4, 0.5) is 5.69 Å². The van der Waals surface area contributed by atoms with Gasteiger partial charge in [0.1, 0.15) is 5.75 Å². The Morgan fingerprint density at radius 2 is 2.06 bits per heavy atom. The van der Waals surface area contributed by atoms with Crippen molar-refractivity contribution in [2.24, 2.45) is 0 Å². The number of aliphatic hydroxyl groups excluding tert-OH is 1. The molecule has 2 atom stereocenters. The molecule has 0 fully saturated rings. The Labute approximate surface area is 103 Å². The molecule has 0 radical (unpaired) electrons. The van der Waals surface area contributed by atoms with E-state index in [-0.39, 0.29) is 6.10 Å². The van der Waals surface area contributed by atoms with Crippen LogP contribution in [0, 0.1) is 0 Å². The van der Waals surface area contributed by atoms with Crippen molar-refractivity contribution in [3.05, 3.63) is 23.8 Å². The van der Waals surface area contributed by atoms with Crippen LogP contribution in [0.2, 0.25) is 0 Å². The largest absolute Gasteiger partial charge is 0.508 e. The monoisotopic (exact) mass is 235 g/mol. The lowest BCUT2D eigenvalue weighted by Crippen LogP contribution is -2.39.